The predicted octanol–water partition coefficient (Wildman–Crippen LogP) is 2.62. The number of aliphatic hydroxyl groups excluding tert-OH is 1. The summed E-state index contributed by atoms with van der Waals surface area (Å²) in [7, 11) is 2.07. The molecule has 0 aromatic carbocycles. The standard InChI is InChI=1S/C13H22N2O/c1-9(2)10(3)15(5)12-6-7-13(11(4)16)14-8-12/h6-11,16H,1-5H3. The van der Waals surface area contributed by atoms with Gasteiger partial charge in [0.05, 0.1) is 23.7 Å². The van der Waals surface area contributed by atoms with Crippen LogP contribution >= 0.6 is 0 Å². The first-order valence-corrected chi connectivity index (χ1v) is 5.80. The lowest BCUT2D eigenvalue weighted by Crippen LogP contribution is -2.33. The van der Waals surface area contributed by atoms with E-state index >= 15 is 0 Å². The fraction of sp³-hybridized carbons (Fsp3) is 0.615. The van der Waals surface area contributed by atoms with Crippen molar-refractivity contribution >= 4 is 5.69 Å². The van der Waals surface area contributed by atoms with Crippen LogP contribution in [0.25, 0.3) is 0 Å². The van der Waals surface area contributed by atoms with E-state index in [1.54, 1.807) is 6.92 Å². The average molecular weight is 222 g/mol. The Bertz CT molecular complexity index is 319. The van der Waals surface area contributed by atoms with Gasteiger partial charge in [-0.3, -0.25) is 4.98 Å². The summed E-state index contributed by atoms with van der Waals surface area (Å²) in [4.78, 5) is 6.46. The van der Waals surface area contributed by atoms with Gasteiger partial charge in [0.15, 0.2) is 0 Å². The lowest BCUT2D eigenvalue weighted by atomic mass is 10.0. The van der Waals surface area contributed by atoms with Crippen molar-refractivity contribution in [3.05, 3.63) is 24.0 Å². The van der Waals surface area contributed by atoms with E-state index in [1.165, 1.54) is 0 Å². The highest BCUT2D eigenvalue weighted by atomic mass is 16.3. The predicted molar refractivity (Wildman–Crippen MR) is 67.6 cm³/mol. The molecule has 0 saturated heterocycles. The first-order valence-electron chi connectivity index (χ1n) is 5.80. The molecule has 2 unspecified atom stereocenters. The molecule has 0 saturated carbocycles. The van der Waals surface area contributed by atoms with Crippen LogP contribution in [0.5, 0.6) is 0 Å². The number of rotatable bonds is 4. The van der Waals surface area contributed by atoms with Gasteiger partial charge >= 0.3 is 0 Å². The van der Waals surface area contributed by atoms with Gasteiger partial charge in [-0.25, -0.2) is 0 Å². The number of hydrogen-bond donors (Lipinski definition) is 1. The lowest BCUT2D eigenvalue weighted by molar-refractivity contribution is 0.194. The fourth-order valence-corrected chi connectivity index (χ4v) is 1.54. The fourth-order valence-electron chi connectivity index (χ4n) is 1.54. The van der Waals surface area contributed by atoms with Crippen LogP contribution < -0.4 is 4.90 Å². The molecule has 0 bridgehead atoms. The minimum atomic E-state index is -0.498. The molecule has 0 spiro atoms. The molecule has 1 rings (SSSR count). The van der Waals surface area contributed by atoms with E-state index in [0.29, 0.717) is 17.7 Å². The minimum absolute atomic E-state index is 0.471. The summed E-state index contributed by atoms with van der Waals surface area (Å²) in [5, 5.41) is 9.37. The van der Waals surface area contributed by atoms with E-state index in [1.807, 2.05) is 18.3 Å². The molecule has 1 heterocycles. The summed E-state index contributed by atoms with van der Waals surface area (Å²) in [6.45, 7) is 8.34. The number of hydrogen-bond acceptors (Lipinski definition) is 3. The largest absolute Gasteiger partial charge is 0.387 e. The van der Waals surface area contributed by atoms with Crippen molar-refractivity contribution in [2.24, 2.45) is 5.92 Å². The molecule has 2 atom stereocenters. The average Bonchev–Trinajstić information content (AvgIpc) is 2.27. The maximum atomic E-state index is 9.37. The van der Waals surface area contributed by atoms with Crippen molar-refractivity contribution < 1.29 is 5.11 Å². The molecule has 1 aromatic heterocycles. The molecular formula is C13H22N2O. The number of aliphatic hydroxyl groups is 1. The summed E-state index contributed by atoms with van der Waals surface area (Å²) in [5.41, 5.74) is 1.81. The molecule has 1 N–H and O–H groups in total. The van der Waals surface area contributed by atoms with Crippen molar-refractivity contribution in [2.75, 3.05) is 11.9 Å². The van der Waals surface area contributed by atoms with Crippen LogP contribution in [-0.2, 0) is 0 Å². The molecule has 0 amide bonds. The molecule has 16 heavy (non-hydrogen) atoms. The Morgan fingerprint density at radius 3 is 2.19 bits per heavy atom. The second kappa shape index (κ2) is 5.30. The Labute approximate surface area is 98.1 Å². The van der Waals surface area contributed by atoms with Crippen LogP contribution in [0.15, 0.2) is 18.3 Å². The Balaban J connectivity index is 2.81. The zero-order valence-electron chi connectivity index (χ0n) is 10.8. The van der Waals surface area contributed by atoms with E-state index in [2.05, 4.69) is 37.7 Å². The highest BCUT2D eigenvalue weighted by Gasteiger charge is 2.14. The van der Waals surface area contributed by atoms with Gasteiger partial charge in [-0.1, -0.05) is 13.8 Å². The topological polar surface area (TPSA) is 36.4 Å². The van der Waals surface area contributed by atoms with Gasteiger partial charge in [0.25, 0.3) is 0 Å². The SMILES string of the molecule is CC(O)c1ccc(N(C)C(C)C(C)C)cn1. The first-order chi connectivity index (χ1) is 7.43. The number of aromatic nitrogens is 1. The third-order valence-corrected chi connectivity index (χ3v) is 3.18. The Kier molecular flexibility index (Phi) is 4.30. The van der Waals surface area contributed by atoms with Crippen LogP contribution in [0.2, 0.25) is 0 Å². The van der Waals surface area contributed by atoms with Crippen molar-refractivity contribution in [1.82, 2.24) is 4.98 Å². The Morgan fingerprint density at radius 2 is 1.81 bits per heavy atom. The van der Waals surface area contributed by atoms with E-state index in [-0.39, 0.29) is 0 Å². The zero-order valence-corrected chi connectivity index (χ0v) is 10.8. The number of anilines is 1. The van der Waals surface area contributed by atoms with Crippen molar-refractivity contribution in [3.8, 4) is 0 Å². The van der Waals surface area contributed by atoms with Gasteiger partial charge in [-0.2, -0.15) is 0 Å². The number of pyridine rings is 1. The quantitative estimate of drug-likeness (QED) is 0.850. The first kappa shape index (κ1) is 13.0. The summed E-state index contributed by atoms with van der Waals surface area (Å²) >= 11 is 0. The third-order valence-electron chi connectivity index (χ3n) is 3.18. The van der Waals surface area contributed by atoms with Gasteiger partial charge in [0.1, 0.15) is 0 Å². The summed E-state index contributed by atoms with van der Waals surface area (Å²) < 4.78 is 0. The van der Waals surface area contributed by atoms with Crippen LogP contribution in [0.3, 0.4) is 0 Å². The van der Waals surface area contributed by atoms with Crippen molar-refractivity contribution in [2.45, 2.75) is 39.8 Å². The molecular weight excluding hydrogens is 200 g/mol. The molecule has 90 valence electrons. The minimum Gasteiger partial charge on any atom is -0.387 e. The van der Waals surface area contributed by atoms with Gasteiger partial charge < -0.3 is 10.0 Å². The zero-order chi connectivity index (χ0) is 12.3. The maximum Gasteiger partial charge on any atom is 0.0931 e. The molecule has 3 nitrogen and oxygen atoms in total. The second-order valence-corrected chi connectivity index (χ2v) is 4.71. The van der Waals surface area contributed by atoms with Crippen LogP contribution in [-0.4, -0.2) is 23.2 Å². The molecule has 0 aliphatic carbocycles. The highest BCUT2D eigenvalue weighted by molar-refractivity contribution is 5.44. The van der Waals surface area contributed by atoms with E-state index in [0.717, 1.165) is 5.69 Å². The van der Waals surface area contributed by atoms with Crippen LogP contribution in [0.4, 0.5) is 5.69 Å². The summed E-state index contributed by atoms with van der Waals surface area (Å²) in [6.07, 6.45) is 1.32. The summed E-state index contributed by atoms with van der Waals surface area (Å²) in [6, 6.07) is 4.36. The lowest BCUT2D eigenvalue weighted by Gasteiger charge is -2.29. The molecule has 1 aromatic rings. The smallest absolute Gasteiger partial charge is 0.0931 e. The molecule has 0 aliphatic heterocycles. The maximum absolute atomic E-state index is 9.37. The van der Waals surface area contributed by atoms with Crippen LogP contribution in [0.1, 0.15) is 39.5 Å². The Hall–Kier alpha value is -1.09. The van der Waals surface area contributed by atoms with Gasteiger partial charge in [-0.05, 0) is 31.9 Å². The van der Waals surface area contributed by atoms with E-state index in [4.69, 9.17) is 0 Å². The van der Waals surface area contributed by atoms with E-state index in [9.17, 15) is 5.11 Å². The third kappa shape index (κ3) is 2.95. The normalized spacial score (nSPS) is 14.9. The molecule has 3 heteroatoms. The van der Waals surface area contributed by atoms with Gasteiger partial charge in [0, 0.05) is 13.1 Å². The monoisotopic (exact) mass is 222 g/mol. The number of nitrogens with zero attached hydrogens (tertiary/aromatic N) is 2. The van der Waals surface area contributed by atoms with E-state index < -0.39 is 6.10 Å². The molecule has 0 radical (unpaired) electrons. The highest BCUT2D eigenvalue weighted by Crippen LogP contribution is 2.19. The second-order valence-electron chi connectivity index (χ2n) is 4.71. The molecule has 0 fully saturated rings. The van der Waals surface area contributed by atoms with Crippen molar-refractivity contribution in [1.29, 1.82) is 0 Å². The van der Waals surface area contributed by atoms with Crippen molar-refractivity contribution in [3.63, 3.8) is 0 Å². The summed E-state index contributed by atoms with van der Waals surface area (Å²) in [5.74, 6) is 0.599. The van der Waals surface area contributed by atoms with Gasteiger partial charge in [-0.15, -0.1) is 0 Å². The van der Waals surface area contributed by atoms with Gasteiger partial charge in [0.2, 0.25) is 0 Å². The van der Waals surface area contributed by atoms with Crippen LogP contribution in [0, 0.1) is 5.92 Å². The Morgan fingerprint density at radius 1 is 1.19 bits per heavy atom. The molecule has 0 aliphatic rings.